The van der Waals surface area contributed by atoms with Gasteiger partial charge >= 0.3 is 12.1 Å². The van der Waals surface area contributed by atoms with Crippen LogP contribution in [0.4, 0.5) is 10.5 Å². The number of esters is 1. The molecule has 1 amide bonds. The van der Waals surface area contributed by atoms with Crippen LogP contribution < -0.4 is 4.90 Å². The van der Waals surface area contributed by atoms with Gasteiger partial charge in [-0.05, 0) is 31.2 Å². The molecule has 1 atom stereocenters. The molecule has 0 spiro atoms. The summed E-state index contributed by atoms with van der Waals surface area (Å²) in [5.41, 5.74) is 1.31. The number of hydrogen-bond donors (Lipinski definition) is 0. The van der Waals surface area contributed by atoms with E-state index in [2.05, 4.69) is 15.9 Å². The number of benzene rings is 1. The van der Waals surface area contributed by atoms with Gasteiger partial charge in [0.05, 0.1) is 31.2 Å². The Balaban J connectivity index is 1.42. The van der Waals surface area contributed by atoms with Gasteiger partial charge in [0.1, 0.15) is 6.10 Å². The lowest BCUT2D eigenvalue weighted by atomic mass is 10.2. The fourth-order valence-corrected chi connectivity index (χ4v) is 3.51. The maximum atomic E-state index is 12.2. The van der Waals surface area contributed by atoms with Gasteiger partial charge in [-0.2, -0.15) is 5.26 Å². The maximum absolute atomic E-state index is 12.2. The summed E-state index contributed by atoms with van der Waals surface area (Å²) in [5.74, 6) is -0.148. The lowest BCUT2D eigenvalue weighted by molar-refractivity contribution is -0.143. The minimum Gasteiger partial charge on any atom is -0.466 e. The molecule has 2 heterocycles. The van der Waals surface area contributed by atoms with Crippen LogP contribution in [0.5, 0.6) is 0 Å². The van der Waals surface area contributed by atoms with E-state index in [1.807, 2.05) is 6.92 Å². The van der Waals surface area contributed by atoms with E-state index in [4.69, 9.17) is 14.7 Å². The van der Waals surface area contributed by atoms with Crippen LogP contribution in [0.2, 0.25) is 0 Å². The zero-order valence-corrected chi connectivity index (χ0v) is 16.2. The Morgan fingerprint density at radius 1 is 1.21 bits per heavy atom. The van der Waals surface area contributed by atoms with Gasteiger partial charge in [0.2, 0.25) is 0 Å². The highest BCUT2D eigenvalue weighted by atomic mass is 16.6. The quantitative estimate of drug-likeness (QED) is 0.656. The second-order valence-corrected chi connectivity index (χ2v) is 6.97. The monoisotopic (exact) mass is 386 g/mol. The third-order valence-electron chi connectivity index (χ3n) is 5.05. The van der Waals surface area contributed by atoms with Gasteiger partial charge in [-0.3, -0.25) is 14.6 Å². The number of carbonyl (C=O) groups excluding carboxylic acids is 2. The average molecular weight is 386 g/mol. The minimum absolute atomic E-state index is 0.148. The van der Waals surface area contributed by atoms with Crippen LogP contribution in [0, 0.1) is 11.3 Å². The molecule has 0 radical (unpaired) electrons. The lowest BCUT2D eigenvalue weighted by Gasteiger charge is -2.35. The number of ether oxygens (including phenoxy) is 2. The summed E-state index contributed by atoms with van der Waals surface area (Å²) in [7, 11) is 0. The molecule has 8 nitrogen and oxygen atoms in total. The van der Waals surface area contributed by atoms with E-state index in [0.29, 0.717) is 31.7 Å². The van der Waals surface area contributed by atoms with Crippen LogP contribution in [-0.4, -0.2) is 80.4 Å². The van der Waals surface area contributed by atoms with E-state index in [0.717, 1.165) is 38.4 Å². The summed E-state index contributed by atoms with van der Waals surface area (Å²) in [6.45, 7) is 7.71. The zero-order valence-electron chi connectivity index (χ0n) is 16.2. The Bertz CT molecular complexity index is 723. The predicted octanol–water partition coefficient (Wildman–Crippen LogP) is 1.45. The largest absolute Gasteiger partial charge is 0.466 e. The summed E-state index contributed by atoms with van der Waals surface area (Å²) < 4.78 is 10.5. The van der Waals surface area contributed by atoms with Gasteiger partial charge < -0.3 is 14.4 Å². The van der Waals surface area contributed by atoms with Crippen molar-refractivity contribution in [3.63, 3.8) is 0 Å². The van der Waals surface area contributed by atoms with Crippen molar-refractivity contribution in [3.8, 4) is 6.07 Å². The summed E-state index contributed by atoms with van der Waals surface area (Å²) in [6, 6.07) is 9.01. The highest BCUT2D eigenvalue weighted by Gasteiger charge is 2.34. The Kier molecular flexibility index (Phi) is 6.85. The van der Waals surface area contributed by atoms with Crippen molar-refractivity contribution in [2.45, 2.75) is 19.4 Å². The average Bonchev–Trinajstić information content (AvgIpc) is 3.08. The first-order valence-electron chi connectivity index (χ1n) is 9.67. The molecule has 0 bridgehead atoms. The fraction of sp³-hybridized carbons (Fsp3) is 0.550. The van der Waals surface area contributed by atoms with Crippen LogP contribution in [0.3, 0.4) is 0 Å². The van der Waals surface area contributed by atoms with Crippen molar-refractivity contribution in [1.29, 1.82) is 5.26 Å². The third-order valence-corrected chi connectivity index (χ3v) is 5.05. The van der Waals surface area contributed by atoms with Gasteiger partial charge in [0, 0.05) is 45.0 Å². The van der Waals surface area contributed by atoms with Crippen LogP contribution in [0.1, 0.15) is 18.9 Å². The van der Waals surface area contributed by atoms with E-state index in [1.165, 1.54) is 0 Å². The summed E-state index contributed by atoms with van der Waals surface area (Å²) >= 11 is 0. The van der Waals surface area contributed by atoms with Crippen molar-refractivity contribution >= 4 is 17.7 Å². The molecule has 2 aliphatic rings. The van der Waals surface area contributed by atoms with Gasteiger partial charge in [0.25, 0.3) is 0 Å². The van der Waals surface area contributed by atoms with E-state index >= 15 is 0 Å². The fourth-order valence-electron chi connectivity index (χ4n) is 3.51. The van der Waals surface area contributed by atoms with Crippen LogP contribution >= 0.6 is 0 Å². The second kappa shape index (κ2) is 9.53. The number of carbonyl (C=O) groups is 2. The summed E-state index contributed by atoms with van der Waals surface area (Å²) in [5, 5.41) is 8.89. The molecule has 2 fully saturated rings. The number of piperazine rings is 1. The molecular weight excluding hydrogens is 360 g/mol. The van der Waals surface area contributed by atoms with Gasteiger partial charge in [-0.15, -0.1) is 0 Å². The Hall–Kier alpha value is -2.63. The molecule has 3 rings (SSSR count). The van der Waals surface area contributed by atoms with E-state index in [1.54, 1.807) is 29.2 Å². The molecular formula is C20H26N4O4. The number of rotatable bonds is 7. The summed E-state index contributed by atoms with van der Waals surface area (Å²) in [6.07, 6.45) is -0.0924. The number of amides is 1. The number of hydrogen-bond acceptors (Lipinski definition) is 7. The Morgan fingerprint density at radius 2 is 1.89 bits per heavy atom. The Morgan fingerprint density at radius 3 is 2.54 bits per heavy atom. The molecule has 0 saturated carbocycles. The molecule has 8 heteroatoms. The maximum Gasteiger partial charge on any atom is 0.414 e. The molecule has 1 unspecified atom stereocenters. The molecule has 0 aliphatic carbocycles. The number of nitrogens with zero attached hydrogens (tertiary/aromatic N) is 4. The van der Waals surface area contributed by atoms with Crippen LogP contribution in [0.25, 0.3) is 0 Å². The molecule has 1 aromatic rings. The van der Waals surface area contributed by atoms with Gasteiger partial charge in [0.15, 0.2) is 0 Å². The highest BCUT2D eigenvalue weighted by molar-refractivity contribution is 5.89. The first-order valence-corrected chi connectivity index (χ1v) is 9.67. The van der Waals surface area contributed by atoms with E-state index < -0.39 is 0 Å². The van der Waals surface area contributed by atoms with E-state index in [9.17, 15) is 9.59 Å². The molecule has 2 aliphatic heterocycles. The second-order valence-electron chi connectivity index (χ2n) is 6.97. The molecule has 2 saturated heterocycles. The number of cyclic esters (lactones) is 1. The zero-order chi connectivity index (χ0) is 19.9. The summed E-state index contributed by atoms with van der Waals surface area (Å²) in [4.78, 5) is 29.8. The predicted molar refractivity (Wildman–Crippen MR) is 103 cm³/mol. The van der Waals surface area contributed by atoms with E-state index in [-0.39, 0.29) is 18.2 Å². The van der Waals surface area contributed by atoms with Crippen molar-refractivity contribution in [3.05, 3.63) is 29.8 Å². The number of anilines is 1. The van der Waals surface area contributed by atoms with Gasteiger partial charge in [-0.25, -0.2) is 4.79 Å². The molecule has 0 N–H and O–H groups in total. The van der Waals surface area contributed by atoms with Crippen LogP contribution in [0.15, 0.2) is 24.3 Å². The van der Waals surface area contributed by atoms with Crippen LogP contribution in [-0.2, 0) is 14.3 Å². The van der Waals surface area contributed by atoms with Crippen molar-refractivity contribution in [2.75, 3.05) is 57.3 Å². The third kappa shape index (κ3) is 5.21. The molecule has 0 aromatic heterocycles. The van der Waals surface area contributed by atoms with Crippen molar-refractivity contribution in [2.24, 2.45) is 0 Å². The topological polar surface area (TPSA) is 86.1 Å². The standard InChI is InChI=1S/C20H26N4O4/c1-2-27-19(25)7-8-22-9-11-23(12-10-22)14-18-15-24(20(26)28-18)17-5-3-16(13-21)4-6-17/h3-6,18H,2,7-12,14-15H2,1H3. The minimum atomic E-state index is -0.345. The SMILES string of the molecule is CCOC(=O)CCN1CCN(CC2CN(c3ccc(C#N)cc3)C(=O)O2)CC1. The Labute approximate surface area is 165 Å². The van der Waals surface area contributed by atoms with Crippen molar-refractivity contribution < 1.29 is 19.1 Å². The van der Waals surface area contributed by atoms with Crippen molar-refractivity contribution in [1.82, 2.24) is 9.80 Å². The lowest BCUT2D eigenvalue weighted by Crippen LogP contribution is -2.49. The normalized spacial score (nSPS) is 20.6. The molecule has 28 heavy (non-hydrogen) atoms. The molecule has 1 aromatic carbocycles. The number of nitriles is 1. The first-order chi connectivity index (χ1) is 13.6. The highest BCUT2D eigenvalue weighted by Crippen LogP contribution is 2.22. The molecule has 150 valence electrons. The van der Waals surface area contributed by atoms with Gasteiger partial charge in [-0.1, -0.05) is 0 Å². The first kappa shape index (κ1) is 20.1. The smallest absolute Gasteiger partial charge is 0.414 e.